The van der Waals surface area contributed by atoms with Crippen LogP contribution in [0.2, 0.25) is 0 Å². The predicted molar refractivity (Wildman–Crippen MR) is 105 cm³/mol. The number of carbonyl (C=O) groups is 1. The maximum atomic E-state index is 12.3. The van der Waals surface area contributed by atoms with E-state index in [9.17, 15) is 4.79 Å². The molecule has 0 saturated carbocycles. The molecule has 0 saturated heterocycles. The Morgan fingerprint density at radius 3 is 2.48 bits per heavy atom. The first-order valence-corrected chi connectivity index (χ1v) is 8.63. The molecule has 3 rings (SSSR count). The highest BCUT2D eigenvalue weighted by Gasteiger charge is 2.09. The molecule has 0 spiro atoms. The number of carbonyl (C=O) groups excluding carboxylic acids is 1. The van der Waals surface area contributed by atoms with Crippen molar-refractivity contribution in [1.29, 1.82) is 0 Å². The molecule has 2 N–H and O–H groups in total. The van der Waals surface area contributed by atoms with Gasteiger partial charge in [0.2, 0.25) is 5.95 Å². The Kier molecular flexibility index (Phi) is 5.66. The number of para-hydroxylation sites is 1. The Balaban J connectivity index is 1.62. The third kappa shape index (κ3) is 4.61. The summed E-state index contributed by atoms with van der Waals surface area (Å²) in [4.78, 5) is 20.8. The highest BCUT2D eigenvalue weighted by atomic mass is 16.5. The number of aryl methyl sites for hydroxylation is 2. The summed E-state index contributed by atoms with van der Waals surface area (Å²) in [5.74, 6) is 0.945. The molecule has 0 fully saturated rings. The number of hydrogen-bond acceptors (Lipinski definition) is 5. The maximum absolute atomic E-state index is 12.3. The number of ether oxygens (including phenoxy) is 1. The van der Waals surface area contributed by atoms with Crippen LogP contribution in [0.4, 0.5) is 11.6 Å². The highest BCUT2D eigenvalue weighted by molar-refractivity contribution is 5.93. The minimum Gasteiger partial charge on any atom is -0.496 e. The van der Waals surface area contributed by atoms with Crippen molar-refractivity contribution in [3.63, 3.8) is 0 Å². The van der Waals surface area contributed by atoms with Crippen molar-refractivity contribution in [1.82, 2.24) is 15.3 Å². The topological polar surface area (TPSA) is 76.1 Å². The molecule has 0 aliphatic carbocycles. The van der Waals surface area contributed by atoms with Crippen LogP contribution in [0.3, 0.4) is 0 Å². The van der Waals surface area contributed by atoms with Gasteiger partial charge in [0.05, 0.1) is 12.7 Å². The van der Waals surface area contributed by atoms with Crippen molar-refractivity contribution in [2.24, 2.45) is 0 Å². The van der Waals surface area contributed by atoms with Gasteiger partial charge in [-0.05, 0) is 43.2 Å². The monoisotopic (exact) mass is 362 g/mol. The van der Waals surface area contributed by atoms with Crippen LogP contribution in [0.15, 0.2) is 54.9 Å². The largest absolute Gasteiger partial charge is 0.496 e. The minimum absolute atomic E-state index is 0.237. The summed E-state index contributed by atoms with van der Waals surface area (Å²) in [6.07, 6.45) is 3.02. The second-order valence-corrected chi connectivity index (χ2v) is 6.21. The summed E-state index contributed by atoms with van der Waals surface area (Å²) >= 11 is 0. The Morgan fingerprint density at radius 1 is 1.04 bits per heavy atom. The quantitative estimate of drug-likeness (QED) is 0.698. The highest BCUT2D eigenvalue weighted by Crippen LogP contribution is 2.18. The van der Waals surface area contributed by atoms with Crippen molar-refractivity contribution in [3.05, 3.63) is 77.1 Å². The predicted octanol–water partition coefficient (Wildman–Crippen LogP) is 3.78. The summed E-state index contributed by atoms with van der Waals surface area (Å²) in [5.41, 5.74) is 4.63. The number of amides is 1. The fourth-order valence-electron chi connectivity index (χ4n) is 2.58. The summed E-state index contributed by atoms with van der Waals surface area (Å²) in [6.45, 7) is 4.48. The lowest BCUT2D eigenvalue weighted by Crippen LogP contribution is -2.23. The van der Waals surface area contributed by atoms with E-state index >= 15 is 0 Å². The molecule has 1 heterocycles. The summed E-state index contributed by atoms with van der Waals surface area (Å²) in [6, 6.07) is 13.6. The van der Waals surface area contributed by atoms with Crippen molar-refractivity contribution < 1.29 is 9.53 Å². The van der Waals surface area contributed by atoms with E-state index in [1.54, 1.807) is 7.11 Å². The molecule has 27 heavy (non-hydrogen) atoms. The number of nitrogens with one attached hydrogen (secondary N) is 2. The molecule has 0 radical (unpaired) electrons. The van der Waals surface area contributed by atoms with E-state index < -0.39 is 0 Å². The lowest BCUT2D eigenvalue weighted by atomic mass is 10.1. The van der Waals surface area contributed by atoms with Gasteiger partial charge in [0.15, 0.2) is 0 Å². The first-order chi connectivity index (χ1) is 13.1. The summed E-state index contributed by atoms with van der Waals surface area (Å²) < 4.78 is 5.29. The zero-order valence-corrected chi connectivity index (χ0v) is 15.6. The molecule has 0 aliphatic rings. The number of anilines is 2. The van der Waals surface area contributed by atoms with Crippen molar-refractivity contribution in [2.45, 2.75) is 20.4 Å². The van der Waals surface area contributed by atoms with E-state index in [1.807, 2.05) is 42.5 Å². The van der Waals surface area contributed by atoms with E-state index in [0.29, 0.717) is 18.1 Å². The number of methoxy groups -OCH3 is 1. The van der Waals surface area contributed by atoms with Gasteiger partial charge in [0.1, 0.15) is 5.75 Å². The number of benzene rings is 2. The van der Waals surface area contributed by atoms with Gasteiger partial charge in [0.25, 0.3) is 5.91 Å². The number of aromatic nitrogens is 2. The lowest BCUT2D eigenvalue weighted by molar-refractivity contribution is 0.0950. The Labute approximate surface area is 158 Å². The maximum Gasteiger partial charge on any atom is 0.254 e. The number of rotatable bonds is 6. The van der Waals surface area contributed by atoms with Crippen LogP contribution >= 0.6 is 0 Å². The fraction of sp³-hybridized carbons (Fsp3) is 0.190. The Morgan fingerprint density at radius 2 is 1.78 bits per heavy atom. The van der Waals surface area contributed by atoms with Crippen molar-refractivity contribution >= 4 is 17.5 Å². The van der Waals surface area contributed by atoms with Crippen molar-refractivity contribution in [3.8, 4) is 5.75 Å². The Bertz CT molecular complexity index is 939. The molecule has 138 valence electrons. The summed E-state index contributed by atoms with van der Waals surface area (Å²) in [7, 11) is 1.61. The van der Waals surface area contributed by atoms with E-state index in [-0.39, 0.29) is 5.91 Å². The van der Waals surface area contributed by atoms with Gasteiger partial charge in [-0.25, -0.2) is 9.97 Å². The van der Waals surface area contributed by atoms with E-state index in [1.165, 1.54) is 23.5 Å². The zero-order chi connectivity index (χ0) is 19.2. The van der Waals surface area contributed by atoms with Gasteiger partial charge in [-0.3, -0.25) is 4.79 Å². The standard InChI is InChI=1S/C21H22N4O2/c1-14-8-9-18(10-15(14)2)25-21-23-12-17(13-24-21)20(26)22-11-16-6-4-5-7-19(16)27-3/h4-10,12-13H,11H2,1-3H3,(H,22,26)(H,23,24,25). The molecule has 6 heteroatoms. The molecule has 1 amide bonds. The van der Waals surface area contributed by atoms with Crippen LogP contribution in [0, 0.1) is 13.8 Å². The molecule has 1 aromatic heterocycles. The number of nitrogens with zero attached hydrogens (tertiary/aromatic N) is 2. The van der Waals surface area contributed by atoms with Crippen LogP contribution in [0.1, 0.15) is 27.0 Å². The smallest absolute Gasteiger partial charge is 0.254 e. The third-order valence-corrected chi connectivity index (χ3v) is 4.31. The molecule has 3 aromatic rings. The van der Waals surface area contributed by atoms with Crippen molar-refractivity contribution in [2.75, 3.05) is 12.4 Å². The van der Waals surface area contributed by atoms with E-state index in [4.69, 9.17) is 4.74 Å². The molecular weight excluding hydrogens is 340 g/mol. The molecule has 0 atom stereocenters. The van der Waals surface area contributed by atoms with Crippen LogP contribution < -0.4 is 15.4 Å². The van der Waals surface area contributed by atoms with E-state index in [0.717, 1.165) is 17.0 Å². The van der Waals surface area contributed by atoms with Crippen LogP contribution in [-0.2, 0) is 6.54 Å². The normalized spacial score (nSPS) is 10.3. The molecule has 0 bridgehead atoms. The second kappa shape index (κ2) is 8.31. The first-order valence-electron chi connectivity index (χ1n) is 8.63. The summed E-state index contributed by atoms with van der Waals surface area (Å²) in [5, 5.41) is 5.99. The number of hydrogen-bond donors (Lipinski definition) is 2. The minimum atomic E-state index is -0.237. The van der Waals surface area contributed by atoms with Gasteiger partial charge >= 0.3 is 0 Å². The van der Waals surface area contributed by atoms with Crippen LogP contribution in [0.25, 0.3) is 0 Å². The molecular formula is C21H22N4O2. The lowest BCUT2D eigenvalue weighted by Gasteiger charge is -2.10. The van der Waals surface area contributed by atoms with Crippen LogP contribution in [-0.4, -0.2) is 23.0 Å². The van der Waals surface area contributed by atoms with Gasteiger partial charge in [-0.15, -0.1) is 0 Å². The SMILES string of the molecule is COc1ccccc1CNC(=O)c1cnc(Nc2ccc(C)c(C)c2)nc1. The molecule has 0 aliphatic heterocycles. The zero-order valence-electron chi connectivity index (χ0n) is 15.6. The average Bonchev–Trinajstić information content (AvgIpc) is 2.69. The molecule has 6 nitrogen and oxygen atoms in total. The van der Waals surface area contributed by atoms with Gasteiger partial charge in [0, 0.05) is 30.2 Å². The van der Waals surface area contributed by atoms with Gasteiger partial charge in [-0.1, -0.05) is 24.3 Å². The van der Waals surface area contributed by atoms with E-state index in [2.05, 4.69) is 34.4 Å². The fourth-order valence-corrected chi connectivity index (χ4v) is 2.58. The molecule has 2 aromatic carbocycles. The van der Waals surface area contributed by atoms with Gasteiger partial charge in [-0.2, -0.15) is 0 Å². The van der Waals surface area contributed by atoms with Gasteiger partial charge < -0.3 is 15.4 Å². The Hall–Kier alpha value is -3.41. The second-order valence-electron chi connectivity index (χ2n) is 6.21. The first kappa shape index (κ1) is 18.4. The average molecular weight is 362 g/mol. The molecule has 0 unspecified atom stereocenters. The van der Waals surface area contributed by atoms with Crippen LogP contribution in [0.5, 0.6) is 5.75 Å². The third-order valence-electron chi connectivity index (χ3n) is 4.31.